The predicted molar refractivity (Wildman–Crippen MR) is 297 cm³/mol. The Labute approximate surface area is 430 Å². The van der Waals surface area contributed by atoms with Crippen LogP contribution in [0.3, 0.4) is 0 Å². The van der Waals surface area contributed by atoms with Crippen molar-refractivity contribution in [2.45, 2.75) is 219 Å². The lowest BCUT2D eigenvalue weighted by molar-refractivity contribution is -0.870. The van der Waals surface area contributed by atoms with Gasteiger partial charge in [0.25, 0.3) is 7.82 Å². The highest BCUT2D eigenvalue weighted by Crippen LogP contribution is 2.38. The highest BCUT2D eigenvalue weighted by Gasteiger charge is 2.27. The van der Waals surface area contributed by atoms with Crippen LogP contribution in [0.2, 0.25) is 0 Å². The predicted octanol–water partition coefficient (Wildman–Crippen LogP) is 16.0. The van der Waals surface area contributed by atoms with Crippen LogP contribution in [-0.4, -0.2) is 69.4 Å². The fourth-order valence-electron chi connectivity index (χ4n) is 7.35. The largest absolute Gasteiger partial charge is 0.756 e. The Bertz CT molecular complexity index is 1570. The number of nitrogens with one attached hydrogen (secondary N) is 1. The van der Waals surface area contributed by atoms with Gasteiger partial charge in [-0.25, -0.2) is 0 Å². The number of hydrogen-bond donors (Lipinski definition) is 1. The molecule has 3 atom stereocenters. The number of allylic oxidation sites excluding steroid dienone is 17. The van der Waals surface area contributed by atoms with E-state index in [0.717, 1.165) is 89.9 Å². The Morgan fingerprint density at radius 1 is 0.529 bits per heavy atom. The number of nitrogens with zero attached hydrogens (tertiary/aromatic N) is 1. The molecule has 0 saturated carbocycles. The van der Waals surface area contributed by atoms with Crippen LogP contribution in [-0.2, 0) is 27.9 Å². The van der Waals surface area contributed by atoms with E-state index in [1.54, 1.807) is 0 Å². The normalized spacial score (nSPS) is 14.7. The van der Waals surface area contributed by atoms with Gasteiger partial charge in [-0.3, -0.25) is 14.2 Å². The number of carbonyl (C=O) groups is 2. The Kier molecular flexibility index (Phi) is 46.9. The maximum absolute atomic E-state index is 13.5. The fraction of sp³-hybridized carbons (Fsp3) is 0.667. The molecule has 0 aromatic carbocycles. The van der Waals surface area contributed by atoms with Gasteiger partial charge in [0.15, 0.2) is 0 Å². The Hall–Kier alpha value is -3.33. The standard InChI is InChI=1S/C60H103N2O7P/c1-7-10-13-16-19-22-25-28-30-31-32-35-38-41-44-47-50-53-60(64)69-58(51-48-45-42-39-36-33-27-24-21-18-15-12-9-3)57(56-68-70(65,66)67-55-54-62(4,5)6)61-59(63)52-49-46-43-40-37-34-29-26-23-20-17-14-11-8-2/h10-11,13-14,16,19-20,22-23,25,28,30-32,35,38,48,51,57-58H,7-9,12,15,17-18,21,24,26-27,29,33-34,36-37,39-47,49-50,52-56H2,1-6H3,(H-,61,63,65,66)/b13-10-,14-11+,19-16+,23-20+,25-22+,30-28-,32-31+,38-35+,51-48+. The maximum atomic E-state index is 13.5. The van der Waals surface area contributed by atoms with E-state index in [-0.39, 0.29) is 24.9 Å². The zero-order chi connectivity index (χ0) is 51.5. The monoisotopic (exact) mass is 995 g/mol. The Morgan fingerprint density at radius 3 is 1.54 bits per heavy atom. The Balaban J connectivity index is 5.52. The van der Waals surface area contributed by atoms with Crippen molar-refractivity contribution >= 4 is 19.7 Å². The molecule has 10 heteroatoms. The van der Waals surface area contributed by atoms with Crippen LogP contribution in [0.1, 0.15) is 207 Å². The average Bonchev–Trinajstić information content (AvgIpc) is 3.32. The van der Waals surface area contributed by atoms with Gasteiger partial charge in [0.05, 0.1) is 33.8 Å². The second kappa shape index (κ2) is 49.3. The first-order valence-corrected chi connectivity index (χ1v) is 29.2. The van der Waals surface area contributed by atoms with Crippen LogP contribution in [0, 0.1) is 0 Å². The molecule has 0 radical (unpaired) electrons. The minimum atomic E-state index is -4.71. The van der Waals surface area contributed by atoms with Gasteiger partial charge in [-0.2, -0.15) is 0 Å². The van der Waals surface area contributed by atoms with Crippen LogP contribution in [0.25, 0.3) is 0 Å². The van der Waals surface area contributed by atoms with Crippen molar-refractivity contribution in [3.63, 3.8) is 0 Å². The topological polar surface area (TPSA) is 114 Å². The summed E-state index contributed by atoms with van der Waals surface area (Å²) >= 11 is 0. The van der Waals surface area contributed by atoms with Crippen LogP contribution >= 0.6 is 7.82 Å². The molecule has 70 heavy (non-hydrogen) atoms. The number of carbonyl (C=O) groups excluding carboxylic acids is 2. The van der Waals surface area contributed by atoms with Gasteiger partial charge in [0, 0.05) is 12.8 Å². The van der Waals surface area contributed by atoms with E-state index in [9.17, 15) is 19.0 Å². The molecule has 400 valence electrons. The van der Waals surface area contributed by atoms with Crippen LogP contribution < -0.4 is 10.2 Å². The molecule has 0 aliphatic rings. The maximum Gasteiger partial charge on any atom is 0.306 e. The highest BCUT2D eigenvalue weighted by atomic mass is 31.2. The van der Waals surface area contributed by atoms with E-state index in [4.69, 9.17) is 13.8 Å². The van der Waals surface area contributed by atoms with Crippen LogP contribution in [0.5, 0.6) is 0 Å². The zero-order valence-corrected chi connectivity index (χ0v) is 46.3. The molecule has 0 aromatic rings. The molecule has 1 N–H and O–H groups in total. The molecular formula is C60H103N2O7P. The number of likely N-dealkylation sites (N-methyl/N-ethyl adjacent to an activating group) is 1. The molecule has 0 bridgehead atoms. The first kappa shape index (κ1) is 66.7. The van der Waals surface area contributed by atoms with E-state index in [1.807, 2.05) is 94.1 Å². The molecule has 0 fully saturated rings. The third-order valence-electron chi connectivity index (χ3n) is 11.6. The second-order valence-corrected chi connectivity index (χ2v) is 20.9. The summed E-state index contributed by atoms with van der Waals surface area (Å²) in [7, 11) is 1.13. The van der Waals surface area contributed by atoms with Gasteiger partial charge in [0.1, 0.15) is 19.3 Å². The molecule has 3 unspecified atom stereocenters. The number of unbranched alkanes of at least 4 members (excludes halogenated alkanes) is 21. The quantitative estimate of drug-likeness (QED) is 0.0161. The number of phosphoric acid groups is 1. The summed E-state index contributed by atoms with van der Waals surface area (Å²) in [4.78, 5) is 39.8. The van der Waals surface area contributed by atoms with E-state index >= 15 is 0 Å². The summed E-state index contributed by atoms with van der Waals surface area (Å²) in [5, 5.41) is 3.00. The number of phosphoric ester groups is 1. The van der Waals surface area contributed by atoms with Gasteiger partial charge >= 0.3 is 5.97 Å². The van der Waals surface area contributed by atoms with Crippen molar-refractivity contribution in [2.24, 2.45) is 0 Å². The summed E-state index contributed by atoms with van der Waals surface area (Å²) < 4.78 is 30.2. The lowest BCUT2D eigenvalue weighted by Crippen LogP contribution is -2.47. The third kappa shape index (κ3) is 49.6. The SMILES string of the molecule is CC\C=C/C=C/C=C/C=C\C=C\C=C\CCCCCC(=O)OC(/C=C/CCCCCCCCCCCCC)C(COP(=O)([O-])OCC[N+](C)(C)C)NC(=O)CCCCCCCCC/C=C/C/C=C/CC. The lowest BCUT2D eigenvalue weighted by Gasteiger charge is -2.30. The Morgan fingerprint density at radius 2 is 0.986 bits per heavy atom. The van der Waals surface area contributed by atoms with Crippen LogP contribution in [0.15, 0.2) is 109 Å². The third-order valence-corrected chi connectivity index (χ3v) is 12.6. The summed E-state index contributed by atoms with van der Waals surface area (Å²) in [5.74, 6) is -0.611. The molecule has 1 amide bonds. The smallest absolute Gasteiger partial charge is 0.306 e. The van der Waals surface area contributed by atoms with E-state index in [0.29, 0.717) is 23.9 Å². The first-order chi connectivity index (χ1) is 33.9. The van der Waals surface area contributed by atoms with Crippen molar-refractivity contribution in [3.8, 4) is 0 Å². The molecular weight excluding hydrogens is 892 g/mol. The number of esters is 1. The van der Waals surface area contributed by atoms with E-state index < -0.39 is 26.6 Å². The minimum absolute atomic E-state index is 0.0375. The second-order valence-electron chi connectivity index (χ2n) is 19.5. The van der Waals surface area contributed by atoms with Crippen molar-refractivity contribution in [2.75, 3.05) is 40.9 Å². The summed E-state index contributed by atoms with van der Waals surface area (Å²) in [6.07, 6.45) is 66.2. The van der Waals surface area contributed by atoms with Gasteiger partial charge < -0.3 is 28.5 Å². The number of ether oxygens (including phenoxy) is 1. The van der Waals surface area contributed by atoms with Gasteiger partial charge in [-0.15, -0.1) is 0 Å². The van der Waals surface area contributed by atoms with Crippen molar-refractivity contribution < 1.29 is 37.3 Å². The van der Waals surface area contributed by atoms with Crippen molar-refractivity contribution in [3.05, 3.63) is 109 Å². The van der Waals surface area contributed by atoms with Gasteiger partial charge in [-0.1, -0.05) is 227 Å². The summed E-state index contributed by atoms with van der Waals surface area (Å²) in [6.45, 7) is 6.53. The number of quaternary nitrogens is 1. The number of rotatable bonds is 48. The molecule has 0 aliphatic carbocycles. The summed E-state index contributed by atoms with van der Waals surface area (Å²) in [6, 6.07) is -0.917. The number of amides is 1. The van der Waals surface area contributed by atoms with Crippen molar-refractivity contribution in [1.82, 2.24) is 5.32 Å². The highest BCUT2D eigenvalue weighted by molar-refractivity contribution is 7.45. The molecule has 0 rings (SSSR count). The first-order valence-electron chi connectivity index (χ1n) is 27.8. The van der Waals surface area contributed by atoms with Gasteiger partial charge in [-0.05, 0) is 76.7 Å². The minimum Gasteiger partial charge on any atom is -0.756 e. The molecule has 9 nitrogen and oxygen atoms in total. The molecule has 0 aliphatic heterocycles. The molecule has 0 saturated heterocycles. The number of hydrogen-bond acceptors (Lipinski definition) is 7. The van der Waals surface area contributed by atoms with Gasteiger partial charge in [0.2, 0.25) is 5.91 Å². The molecule has 0 heterocycles. The average molecular weight is 995 g/mol. The van der Waals surface area contributed by atoms with Crippen LogP contribution in [0.4, 0.5) is 0 Å². The molecule has 0 spiro atoms. The zero-order valence-electron chi connectivity index (χ0n) is 45.4. The fourth-order valence-corrected chi connectivity index (χ4v) is 8.08. The van der Waals surface area contributed by atoms with E-state index in [1.165, 1.54) is 77.0 Å². The van der Waals surface area contributed by atoms with E-state index in [2.05, 4.69) is 62.5 Å². The van der Waals surface area contributed by atoms with Crippen molar-refractivity contribution in [1.29, 1.82) is 0 Å². The summed E-state index contributed by atoms with van der Waals surface area (Å²) in [5.41, 5.74) is 0. The lowest BCUT2D eigenvalue weighted by atomic mass is 10.0. The molecule has 0 aromatic heterocycles.